The van der Waals surface area contributed by atoms with E-state index in [4.69, 9.17) is 0 Å². The molecule has 0 aliphatic carbocycles. The van der Waals surface area contributed by atoms with Crippen molar-refractivity contribution in [3.05, 3.63) is 308 Å². The molecule has 0 saturated heterocycles. The zero-order valence-corrected chi connectivity index (χ0v) is 55.6. The Kier molecular flexibility index (Phi) is 13.3. The molecule has 0 unspecified atom stereocenters. The first-order chi connectivity index (χ1) is 46.0. The van der Waals surface area contributed by atoms with Gasteiger partial charge in [0, 0.05) is 66.8 Å². The number of nitrogens with zero attached hydrogens (tertiary/aromatic N) is 4. The van der Waals surface area contributed by atoms with E-state index in [9.17, 15) is 0 Å². The van der Waals surface area contributed by atoms with E-state index in [0.717, 1.165) is 67.5 Å². The predicted molar refractivity (Wildman–Crippen MR) is 407 cm³/mol. The molecule has 4 heterocycles. The van der Waals surface area contributed by atoms with E-state index >= 15 is 0 Å². The molecule has 5 heteroatoms. The highest BCUT2D eigenvalue weighted by Gasteiger charge is 2.45. The summed E-state index contributed by atoms with van der Waals surface area (Å²) < 4.78 is 4.98. The molecule has 0 fully saturated rings. The minimum absolute atomic E-state index is 0.0140. The van der Waals surface area contributed by atoms with Gasteiger partial charge in [0.2, 0.25) is 0 Å². The average molecular weight is 1220 g/mol. The smallest absolute Gasteiger partial charge is 0.252 e. The molecule has 0 amide bonds. The first-order valence-electron chi connectivity index (χ1n) is 33.7. The van der Waals surface area contributed by atoms with Crippen molar-refractivity contribution >= 4 is 101 Å². The van der Waals surface area contributed by atoms with Gasteiger partial charge in [0.25, 0.3) is 6.71 Å². The normalized spacial score (nSPS) is 13.0. The topological polar surface area (TPSA) is 16.3 Å². The van der Waals surface area contributed by atoms with Crippen LogP contribution in [0.25, 0.3) is 99.5 Å². The number of fused-ring (bicyclic) bond motifs is 10. The Bertz CT molecular complexity index is 5100. The third-order valence-corrected chi connectivity index (χ3v) is 20.4. The van der Waals surface area contributed by atoms with E-state index in [2.05, 4.69) is 372 Å². The minimum Gasteiger partial charge on any atom is -0.311 e. The molecule has 458 valence electrons. The molecule has 0 spiro atoms. The largest absolute Gasteiger partial charge is 0.311 e. The second-order valence-electron chi connectivity index (χ2n) is 29.4. The van der Waals surface area contributed by atoms with Crippen molar-refractivity contribution in [1.82, 2.24) is 9.13 Å². The molecule has 0 atom stereocenters. The standard InChI is InChI=1S/C90H75BN4/c1-88(2,3)64-42-36-58(37-43-64)62-40-48-69(60-24-12-10-13-25-60)81(52-62)94-83-56-67(92-77-32-20-16-28-71(77)72-29-17-21-33-78(72)92)46-50-75(83)91-76-51-47-68(93-79-34-22-18-30-73(79)74-31-19-23-35-80(74)93)57-84(76)95(86-55-66(90(7,8)9)54-85(94)87(86)91)82-53-63(41-49-70(82)61-26-14-11-15-27-61)59-38-44-65(45-39-59)89(4,5)6/h10-57H,1-9H3. The van der Waals surface area contributed by atoms with Gasteiger partial charge in [0.15, 0.2) is 0 Å². The lowest BCUT2D eigenvalue weighted by Gasteiger charge is -2.46. The first-order valence-corrected chi connectivity index (χ1v) is 33.7. The van der Waals surface area contributed by atoms with Gasteiger partial charge in [0.1, 0.15) is 0 Å². The third-order valence-electron chi connectivity index (χ3n) is 20.4. The summed E-state index contributed by atoms with van der Waals surface area (Å²) in [5.74, 6) is 0. The fraction of sp³-hybridized carbons (Fsp3) is 0.133. The van der Waals surface area contributed by atoms with Crippen LogP contribution in [0.2, 0.25) is 0 Å². The fourth-order valence-corrected chi connectivity index (χ4v) is 15.4. The molecule has 0 saturated carbocycles. The van der Waals surface area contributed by atoms with Crippen molar-refractivity contribution in [2.45, 2.75) is 78.6 Å². The molecule has 17 rings (SSSR count). The summed E-state index contributed by atoms with van der Waals surface area (Å²) in [6.45, 7) is 20.7. The van der Waals surface area contributed by atoms with Crippen LogP contribution in [0.3, 0.4) is 0 Å². The third kappa shape index (κ3) is 9.57. The van der Waals surface area contributed by atoms with Crippen LogP contribution in [-0.4, -0.2) is 15.8 Å². The van der Waals surface area contributed by atoms with Crippen LogP contribution in [0, 0.1) is 0 Å². The molecule has 0 bridgehead atoms. The predicted octanol–water partition coefficient (Wildman–Crippen LogP) is 22.5. The van der Waals surface area contributed by atoms with E-state index in [-0.39, 0.29) is 23.0 Å². The van der Waals surface area contributed by atoms with Gasteiger partial charge in [-0.3, -0.25) is 0 Å². The lowest BCUT2D eigenvalue weighted by atomic mass is 9.33. The lowest BCUT2D eigenvalue weighted by Crippen LogP contribution is -2.61. The molecule has 95 heavy (non-hydrogen) atoms. The van der Waals surface area contributed by atoms with Crippen molar-refractivity contribution in [3.63, 3.8) is 0 Å². The van der Waals surface area contributed by atoms with Crippen LogP contribution in [0.15, 0.2) is 291 Å². The van der Waals surface area contributed by atoms with Crippen molar-refractivity contribution in [2.75, 3.05) is 9.80 Å². The van der Waals surface area contributed by atoms with Gasteiger partial charge in [-0.25, -0.2) is 0 Å². The van der Waals surface area contributed by atoms with Crippen molar-refractivity contribution in [2.24, 2.45) is 0 Å². The zero-order valence-electron chi connectivity index (χ0n) is 55.6. The number of rotatable bonds is 8. The molecule has 2 aliphatic heterocycles. The van der Waals surface area contributed by atoms with Crippen molar-refractivity contribution in [3.8, 4) is 55.9 Å². The maximum atomic E-state index is 2.67. The van der Waals surface area contributed by atoms with Gasteiger partial charge in [-0.1, -0.05) is 281 Å². The van der Waals surface area contributed by atoms with Crippen molar-refractivity contribution < 1.29 is 0 Å². The Morgan fingerprint density at radius 1 is 0.242 bits per heavy atom. The summed E-state index contributed by atoms with van der Waals surface area (Å²) in [6.07, 6.45) is 0. The highest BCUT2D eigenvalue weighted by atomic mass is 15.2. The molecular formula is C90H75BN4. The molecular weight excluding hydrogens is 1150 g/mol. The number of benzene rings is 13. The van der Waals surface area contributed by atoms with Crippen LogP contribution in [-0.2, 0) is 16.2 Å². The molecule has 4 nitrogen and oxygen atoms in total. The molecule has 15 aromatic rings. The van der Waals surface area contributed by atoms with Gasteiger partial charge in [0.05, 0.1) is 33.4 Å². The van der Waals surface area contributed by atoms with Crippen molar-refractivity contribution in [1.29, 1.82) is 0 Å². The highest BCUT2D eigenvalue weighted by Crippen LogP contribution is 2.52. The molecule has 2 aliphatic rings. The quantitative estimate of drug-likeness (QED) is 0.141. The Morgan fingerprint density at radius 3 is 0.916 bits per heavy atom. The average Bonchev–Trinajstić information content (AvgIpc) is 1.10. The number of aromatic nitrogens is 2. The second kappa shape index (κ2) is 21.9. The number of hydrogen-bond acceptors (Lipinski definition) is 2. The van der Waals surface area contributed by atoms with Gasteiger partial charge in [-0.05, 0) is 156 Å². The fourth-order valence-electron chi connectivity index (χ4n) is 15.4. The zero-order chi connectivity index (χ0) is 64.6. The van der Waals surface area contributed by atoms with E-state index in [1.54, 1.807) is 0 Å². The summed E-state index contributed by atoms with van der Waals surface area (Å²) >= 11 is 0. The molecule has 0 N–H and O–H groups in total. The molecule has 0 radical (unpaired) electrons. The van der Waals surface area contributed by atoms with E-state index in [0.29, 0.717) is 0 Å². The van der Waals surface area contributed by atoms with Gasteiger partial charge >= 0.3 is 0 Å². The monoisotopic (exact) mass is 1220 g/mol. The maximum Gasteiger partial charge on any atom is 0.252 e. The van der Waals surface area contributed by atoms with Crippen LogP contribution in [0.1, 0.15) is 79.0 Å². The summed E-state index contributed by atoms with van der Waals surface area (Å²) in [6, 6.07) is 111. The van der Waals surface area contributed by atoms with E-state index in [1.165, 1.54) is 99.2 Å². The number of hydrogen-bond donors (Lipinski definition) is 0. The summed E-state index contributed by atoms with van der Waals surface area (Å²) in [7, 11) is 0. The van der Waals surface area contributed by atoms with Crippen LogP contribution in [0.5, 0.6) is 0 Å². The molecule has 2 aromatic heterocycles. The van der Waals surface area contributed by atoms with Gasteiger partial charge < -0.3 is 18.9 Å². The van der Waals surface area contributed by atoms with Gasteiger partial charge in [-0.15, -0.1) is 0 Å². The van der Waals surface area contributed by atoms with Gasteiger partial charge in [-0.2, -0.15) is 0 Å². The van der Waals surface area contributed by atoms with Crippen LogP contribution >= 0.6 is 0 Å². The SMILES string of the molecule is CC(C)(C)c1ccc(-c2ccc(-c3ccccc3)c(N3c4cc(-n5c6ccccc6c6ccccc65)ccc4B4c5ccc(-n6c7ccccc7c7ccccc76)cc5N(c5cc(-c6ccc(C(C)(C)C)cc6)ccc5-c5ccccc5)c5cc(C(C)(C)C)cc3c54)c2)cc1. The lowest BCUT2D eigenvalue weighted by molar-refractivity contribution is 0.590. The number of para-hydroxylation sites is 4. The second-order valence-corrected chi connectivity index (χ2v) is 29.4. The molecule has 13 aromatic carbocycles. The Balaban J connectivity index is 1.01. The Morgan fingerprint density at radius 2 is 0.568 bits per heavy atom. The number of anilines is 6. The van der Waals surface area contributed by atoms with E-state index < -0.39 is 0 Å². The minimum atomic E-state index is -0.285. The van der Waals surface area contributed by atoms with Crippen LogP contribution < -0.4 is 26.2 Å². The van der Waals surface area contributed by atoms with E-state index in [1.807, 2.05) is 0 Å². The Labute approximate surface area is 558 Å². The van der Waals surface area contributed by atoms with Crippen LogP contribution in [0.4, 0.5) is 34.1 Å². The summed E-state index contributed by atoms with van der Waals surface area (Å²) in [5.41, 5.74) is 30.5. The maximum absolute atomic E-state index is 2.67. The Hall–Kier alpha value is -10.9. The summed E-state index contributed by atoms with van der Waals surface area (Å²) in [4.78, 5) is 5.35. The first kappa shape index (κ1) is 58.0. The summed E-state index contributed by atoms with van der Waals surface area (Å²) in [5, 5.41) is 4.95. The highest BCUT2D eigenvalue weighted by molar-refractivity contribution is 7.00.